The third kappa shape index (κ3) is 2.71. The van der Waals surface area contributed by atoms with Crippen LogP contribution >= 0.6 is 11.8 Å². The topological polar surface area (TPSA) is 63.6 Å². The number of fused-ring (bicyclic) bond motifs is 1. The minimum Gasteiger partial charge on any atom is -0.309 e. The summed E-state index contributed by atoms with van der Waals surface area (Å²) in [6.07, 6.45) is 0. The maximum atomic E-state index is 11.9. The van der Waals surface area contributed by atoms with Crippen LogP contribution in [0.15, 0.2) is 34.2 Å². The second kappa shape index (κ2) is 5.37. The Morgan fingerprint density at radius 1 is 1.29 bits per heavy atom. The first-order valence-corrected chi connectivity index (χ1v) is 7.65. The summed E-state index contributed by atoms with van der Waals surface area (Å²) in [7, 11) is 1.89. The van der Waals surface area contributed by atoms with Gasteiger partial charge < -0.3 is 9.55 Å². The number of aryl methyl sites for hydroxylation is 3. The number of hydrogen-bond donors (Lipinski definition) is 1. The van der Waals surface area contributed by atoms with Crippen LogP contribution < -0.4 is 5.56 Å². The molecule has 6 heteroatoms. The summed E-state index contributed by atoms with van der Waals surface area (Å²) in [4.78, 5) is 23.4. The van der Waals surface area contributed by atoms with Crippen molar-refractivity contribution in [2.75, 3.05) is 0 Å². The molecule has 0 aliphatic heterocycles. The molecule has 0 aliphatic rings. The van der Waals surface area contributed by atoms with Gasteiger partial charge in [-0.1, -0.05) is 41.6 Å². The fraction of sp³-hybridized carbons (Fsp3) is 0.267. The van der Waals surface area contributed by atoms with Crippen molar-refractivity contribution < 1.29 is 0 Å². The molecule has 108 valence electrons. The number of rotatable bonds is 3. The van der Waals surface area contributed by atoms with Crippen molar-refractivity contribution in [3.8, 4) is 0 Å². The molecule has 1 N–H and O–H groups in total. The van der Waals surface area contributed by atoms with E-state index in [1.54, 1.807) is 18.7 Å². The second-order valence-corrected chi connectivity index (χ2v) is 6.00. The van der Waals surface area contributed by atoms with Gasteiger partial charge in [0.15, 0.2) is 16.3 Å². The van der Waals surface area contributed by atoms with Crippen LogP contribution in [-0.2, 0) is 12.8 Å². The molecular weight excluding hydrogens is 284 g/mol. The molecule has 5 nitrogen and oxygen atoms in total. The van der Waals surface area contributed by atoms with Crippen molar-refractivity contribution in [3.63, 3.8) is 0 Å². The predicted octanol–water partition coefficient (Wildman–Crippen LogP) is 2.57. The lowest BCUT2D eigenvalue weighted by Crippen LogP contribution is -2.10. The van der Waals surface area contributed by atoms with Crippen molar-refractivity contribution in [2.24, 2.45) is 7.05 Å². The first-order chi connectivity index (χ1) is 10.0. The largest absolute Gasteiger partial charge is 0.309 e. The van der Waals surface area contributed by atoms with Gasteiger partial charge in [0, 0.05) is 12.8 Å². The molecule has 0 atom stereocenters. The number of aromatic nitrogens is 4. The standard InChI is InChI=1S/C15H16N4OS/c1-9-5-4-6-11(7-9)8-21-15-18-12-13(19(15)3)16-10(2)17-14(12)20/h4-7H,8H2,1-3H3,(H,16,17,20). The monoisotopic (exact) mass is 300 g/mol. The highest BCUT2D eigenvalue weighted by molar-refractivity contribution is 7.98. The van der Waals surface area contributed by atoms with E-state index in [0.29, 0.717) is 17.0 Å². The summed E-state index contributed by atoms with van der Waals surface area (Å²) in [6, 6.07) is 8.38. The maximum Gasteiger partial charge on any atom is 0.279 e. The van der Waals surface area contributed by atoms with Gasteiger partial charge in [0.05, 0.1) is 0 Å². The lowest BCUT2D eigenvalue weighted by atomic mass is 10.2. The summed E-state index contributed by atoms with van der Waals surface area (Å²) < 4.78 is 1.87. The van der Waals surface area contributed by atoms with Crippen molar-refractivity contribution in [1.82, 2.24) is 19.5 Å². The van der Waals surface area contributed by atoms with Gasteiger partial charge >= 0.3 is 0 Å². The van der Waals surface area contributed by atoms with E-state index in [9.17, 15) is 4.79 Å². The SMILES string of the molecule is Cc1cccc(CSc2nc3c(=O)[nH]c(C)nc3n2C)c1. The van der Waals surface area contributed by atoms with Gasteiger partial charge in [-0.05, 0) is 19.4 Å². The maximum absolute atomic E-state index is 11.9. The molecule has 0 saturated carbocycles. The molecule has 0 saturated heterocycles. The fourth-order valence-corrected chi connectivity index (χ4v) is 3.15. The molecule has 2 heterocycles. The molecule has 1 aromatic carbocycles. The smallest absolute Gasteiger partial charge is 0.279 e. The van der Waals surface area contributed by atoms with Gasteiger partial charge in [-0.15, -0.1) is 0 Å². The Balaban J connectivity index is 1.93. The number of thioether (sulfide) groups is 1. The summed E-state index contributed by atoms with van der Waals surface area (Å²) in [5.74, 6) is 1.42. The van der Waals surface area contributed by atoms with Crippen LogP contribution in [0.1, 0.15) is 17.0 Å². The summed E-state index contributed by atoms with van der Waals surface area (Å²) in [6.45, 7) is 3.85. The number of H-pyrrole nitrogens is 1. The summed E-state index contributed by atoms with van der Waals surface area (Å²) in [5, 5.41) is 0.801. The van der Waals surface area contributed by atoms with E-state index in [1.807, 2.05) is 11.6 Å². The van der Waals surface area contributed by atoms with Crippen molar-refractivity contribution >= 4 is 22.9 Å². The lowest BCUT2D eigenvalue weighted by molar-refractivity contribution is 0.803. The van der Waals surface area contributed by atoms with E-state index in [-0.39, 0.29) is 5.56 Å². The van der Waals surface area contributed by atoms with Crippen molar-refractivity contribution in [3.05, 3.63) is 51.6 Å². The molecule has 0 spiro atoms. The van der Waals surface area contributed by atoms with Crippen LogP contribution in [0.5, 0.6) is 0 Å². The zero-order valence-corrected chi connectivity index (χ0v) is 13.0. The van der Waals surface area contributed by atoms with Crippen LogP contribution in [0, 0.1) is 13.8 Å². The first-order valence-electron chi connectivity index (χ1n) is 6.66. The molecule has 0 aliphatic carbocycles. The number of nitrogens with zero attached hydrogens (tertiary/aromatic N) is 3. The third-order valence-electron chi connectivity index (χ3n) is 3.26. The predicted molar refractivity (Wildman–Crippen MR) is 84.6 cm³/mol. The number of aromatic amines is 1. The van der Waals surface area contributed by atoms with Crippen molar-refractivity contribution in [1.29, 1.82) is 0 Å². The number of hydrogen-bond acceptors (Lipinski definition) is 4. The lowest BCUT2D eigenvalue weighted by Gasteiger charge is -2.03. The Kier molecular flexibility index (Phi) is 3.55. The Hall–Kier alpha value is -2.08. The molecule has 0 fully saturated rings. The highest BCUT2D eigenvalue weighted by Gasteiger charge is 2.13. The minimum atomic E-state index is -0.185. The highest BCUT2D eigenvalue weighted by atomic mass is 32.2. The molecule has 3 rings (SSSR count). The van der Waals surface area contributed by atoms with Gasteiger partial charge in [0.2, 0.25) is 0 Å². The van der Waals surface area contributed by atoms with Crippen LogP contribution in [0.2, 0.25) is 0 Å². The molecule has 21 heavy (non-hydrogen) atoms. The molecule has 0 bridgehead atoms. The zero-order valence-electron chi connectivity index (χ0n) is 12.2. The fourth-order valence-electron chi connectivity index (χ4n) is 2.24. The van der Waals surface area contributed by atoms with E-state index in [0.717, 1.165) is 10.9 Å². The van der Waals surface area contributed by atoms with Gasteiger partial charge in [-0.2, -0.15) is 0 Å². The molecule has 0 radical (unpaired) electrons. The van der Waals surface area contributed by atoms with E-state index in [4.69, 9.17) is 0 Å². The Morgan fingerprint density at radius 2 is 2.10 bits per heavy atom. The van der Waals surface area contributed by atoms with Gasteiger partial charge in [-0.3, -0.25) is 4.79 Å². The van der Waals surface area contributed by atoms with E-state index in [2.05, 4.69) is 46.1 Å². The Morgan fingerprint density at radius 3 is 2.86 bits per heavy atom. The van der Waals surface area contributed by atoms with Gasteiger partial charge in [0.1, 0.15) is 5.82 Å². The third-order valence-corrected chi connectivity index (χ3v) is 4.36. The van der Waals surface area contributed by atoms with E-state index < -0.39 is 0 Å². The zero-order chi connectivity index (χ0) is 15.0. The summed E-state index contributed by atoms with van der Waals surface area (Å²) in [5.41, 5.74) is 3.32. The molecule has 0 amide bonds. The van der Waals surface area contributed by atoms with E-state index >= 15 is 0 Å². The average molecular weight is 300 g/mol. The quantitative estimate of drug-likeness (QED) is 0.755. The van der Waals surface area contributed by atoms with Crippen LogP contribution in [0.3, 0.4) is 0 Å². The number of benzene rings is 1. The average Bonchev–Trinajstić information content (AvgIpc) is 2.74. The molecule has 0 unspecified atom stereocenters. The van der Waals surface area contributed by atoms with Gasteiger partial charge in [-0.25, -0.2) is 9.97 Å². The Bertz CT molecular complexity index is 866. The molecular formula is C15H16N4OS. The Labute approximate surface area is 126 Å². The normalized spacial score (nSPS) is 11.2. The minimum absolute atomic E-state index is 0.185. The summed E-state index contributed by atoms with van der Waals surface area (Å²) >= 11 is 1.61. The molecule has 3 aromatic rings. The van der Waals surface area contributed by atoms with E-state index in [1.165, 1.54) is 11.1 Å². The molecule has 2 aromatic heterocycles. The van der Waals surface area contributed by atoms with Crippen LogP contribution in [0.4, 0.5) is 0 Å². The second-order valence-electron chi connectivity index (χ2n) is 5.05. The van der Waals surface area contributed by atoms with Gasteiger partial charge in [0.25, 0.3) is 5.56 Å². The van der Waals surface area contributed by atoms with Crippen LogP contribution in [0.25, 0.3) is 11.2 Å². The number of imidazole rings is 1. The number of nitrogens with one attached hydrogen (secondary N) is 1. The van der Waals surface area contributed by atoms with Crippen LogP contribution in [-0.4, -0.2) is 19.5 Å². The van der Waals surface area contributed by atoms with Crippen molar-refractivity contribution in [2.45, 2.75) is 24.8 Å². The first kappa shape index (κ1) is 13.9. The highest BCUT2D eigenvalue weighted by Crippen LogP contribution is 2.24.